The monoisotopic (exact) mass is 384 g/mol. The van der Waals surface area contributed by atoms with Crippen molar-refractivity contribution in [3.63, 3.8) is 0 Å². The molecule has 2 aromatic rings. The lowest BCUT2D eigenvalue weighted by Gasteiger charge is -2.41. The number of hydrogen-bond donors (Lipinski definition) is 3. The quantitative estimate of drug-likeness (QED) is 0.703. The SMILES string of the molecule is CC(=N)/C(C)=C1\C(=N)Oc2c(NC3CN(c4ccc(F)c(F)c4)C3)ncnc21. The van der Waals surface area contributed by atoms with Crippen molar-refractivity contribution in [3.05, 3.63) is 47.4 Å². The van der Waals surface area contributed by atoms with Crippen LogP contribution in [0.4, 0.5) is 20.3 Å². The molecule has 1 fully saturated rings. The summed E-state index contributed by atoms with van der Waals surface area (Å²) in [6.07, 6.45) is 1.39. The fourth-order valence-electron chi connectivity index (χ4n) is 3.20. The van der Waals surface area contributed by atoms with Crippen molar-refractivity contribution in [1.82, 2.24) is 9.97 Å². The zero-order valence-corrected chi connectivity index (χ0v) is 15.3. The van der Waals surface area contributed by atoms with Crippen molar-refractivity contribution >= 4 is 28.7 Å². The molecule has 1 aromatic heterocycles. The Morgan fingerprint density at radius 3 is 2.64 bits per heavy atom. The highest BCUT2D eigenvalue weighted by molar-refractivity contribution is 6.28. The zero-order valence-electron chi connectivity index (χ0n) is 15.3. The van der Waals surface area contributed by atoms with Crippen LogP contribution in [0, 0.1) is 22.5 Å². The van der Waals surface area contributed by atoms with Crippen molar-refractivity contribution in [1.29, 1.82) is 10.8 Å². The third-order valence-corrected chi connectivity index (χ3v) is 4.90. The molecule has 3 N–H and O–H groups in total. The highest BCUT2D eigenvalue weighted by atomic mass is 19.2. The van der Waals surface area contributed by atoms with Gasteiger partial charge in [-0.3, -0.25) is 5.41 Å². The zero-order chi connectivity index (χ0) is 20.0. The summed E-state index contributed by atoms with van der Waals surface area (Å²) < 4.78 is 32.0. The molecule has 9 heteroatoms. The second-order valence-electron chi connectivity index (χ2n) is 6.80. The number of ether oxygens (including phenoxy) is 1. The first-order valence-corrected chi connectivity index (χ1v) is 8.70. The fraction of sp³-hybridized carbons (Fsp3) is 0.263. The first-order valence-electron chi connectivity index (χ1n) is 8.70. The van der Waals surface area contributed by atoms with Gasteiger partial charge in [0.25, 0.3) is 0 Å². The topological polar surface area (TPSA) is 98.0 Å². The Kier molecular flexibility index (Phi) is 4.29. The first-order chi connectivity index (χ1) is 13.3. The average molecular weight is 384 g/mol. The van der Waals surface area contributed by atoms with Crippen LogP contribution in [0.5, 0.6) is 5.75 Å². The molecule has 4 rings (SSSR count). The highest BCUT2D eigenvalue weighted by Crippen LogP contribution is 2.39. The number of aromatic nitrogens is 2. The van der Waals surface area contributed by atoms with Crippen LogP contribution >= 0.6 is 0 Å². The molecule has 0 spiro atoms. The summed E-state index contributed by atoms with van der Waals surface area (Å²) in [4.78, 5) is 10.4. The summed E-state index contributed by atoms with van der Waals surface area (Å²) in [5.41, 5.74) is 2.56. The molecule has 0 radical (unpaired) electrons. The minimum atomic E-state index is -0.870. The van der Waals surface area contributed by atoms with Gasteiger partial charge in [-0.1, -0.05) is 0 Å². The molecule has 2 aliphatic heterocycles. The van der Waals surface area contributed by atoms with E-state index in [0.717, 1.165) is 6.07 Å². The molecule has 0 unspecified atom stereocenters. The molecular formula is C19H18F2N6O. The number of nitrogens with zero attached hydrogens (tertiary/aromatic N) is 3. The van der Waals surface area contributed by atoms with Crippen molar-refractivity contribution in [2.75, 3.05) is 23.3 Å². The van der Waals surface area contributed by atoms with Crippen LogP contribution in [0.15, 0.2) is 30.1 Å². The lowest BCUT2D eigenvalue weighted by atomic mass is 10.0. The number of allylic oxidation sites excluding steroid dienone is 1. The molecule has 1 aromatic carbocycles. The summed E-state index contributed by atoms with van der Waals surface area (Å²) in [5, 5.41) is 19.2. The molecule has 0 saturated carbocycles. The number of hydrogen-bond acceptors (Lipinski definition) is 7. The number of rotatable bonds is 4. The van der Waals surface area contributed by atoms with E-state index in [1.54, 1.807) is 19.9 Å². The minimum Gasteiger partial charge on any atom is -0.433 e. The Labute approximate surface area is 160 Å². The molecule has 3 heterocycles. The molecule has 2 aliphatic rings. The maximum Gasteiger partial charge on any atom is 0.222 e. The molecular weight excluding hydrogens is 366 g/mol. The molecule has 0 atom stereocenters. The Bertz CT molecular complexity index is 1030. The maximum absolute atomic E-state index is 13.4. The second-order valence-corrected chi connectivity index (χ2v) is 6.80. The third kappa shape index (κ3) is 2.98. The van der Waals surface area contributed by atoms with Crippen molar-refractivity contribution < 1.29 is 13.5 Å². The van der Waals surface area contributed by atoms with Gasteiger partial charge in [0.15, 0.2) is 23.2 Å². The normalized spacial score (nSPS) is 17.7. The van der Waals surface area contributed by atoms with Gasteiger partial charge >= 0.3 is 0 Å². The number of nitrogens with one attached hydrogen (secondary N) is 3. The van der Waals surface area contributed by atoms with Crippen LogP contribution in [0.1, 0.15) is 19.5 Å². The summed E-state index contributed by atoms with van der Waals surface area (Å²) in [5.74, 6) is -0.954. The molecule has 0 amide bonds. The van der Waals surface area contributed by atoms with Crippen molar-refractivity contribution in [2.45, 2.75) is 19.9 Å². The van der Waals surface area contributed by atoms with E-state index in [2.05, 4.69) is 15.3 Å². The number of benzene rings is 1. The lowest BCUT2D eigenvalue weighted by Crippen LogP contribution is -2.55. The lowest BCUT2D eigenvalue weighted by molar-refractivity contribution is 0.502. The molecule has 0 bridgehead atoms. The smallest absolute Gasteiger partial charge is 0.222 e. The maximum atomic E-state index is 13.4. The largest absolute Gasteiger partial charge is 0.433 e. The third-order valence-electron chi connectivity index (χ3n) is 4.90. The Morgan fingerprint density at radius 2 is 1.96 bits per heavy atom. The van der Waals surface area contributed by atoms with E-state index in [0.29, 0.717) is 52.9 Å². The molecule has 1 saturated heterocycles. The summed E-state index contributed by atoms with van der Waals surface area (Å²) in [6.45, 7) is 4.58. The standard InChI is InChI=1S/C19H18F2N6O/c1-9(10(2)22)15-16-17(28-18(15)23)19(25-8-24-16)26-11-6-27(7-11)12-3-4-13(20)14(21)5-12/h3-5,8,11,22-23H,6-7H2,1-2H3,(H,24,25,26)/b15-9-,22-10?,23-18?. The summed E-state index contributed by atoms with van der Waals surface area (Å²) in [7, 11) is 0. The van der Waals surface area contributed by atoms with E-state index in [1.807, 2.05) is 4.90 Å². The average Bonchev–Trinajstić information content (AvgIpc) is 2.96. The Balaban J connectivity index is 1.51. The molecule has 7 nitrogen and oxygen atoms in total. The van der Waals surface area contributed by atoms with Gasteiger partial charge in [-0.2, -0.15) is 0 Å². The Morgan fingerprint density at radius 1 is 1.21 bits per heavy atom. The second kappa shape index (κ2) is 6.66. The van der Waals surface area contributed by atoms with Gasteiger partial charge < -0.3 is 20.4 Å². The van der Waals surface area contributed by atoms with Gasteiger partial charge in [0.1, 0.15) is 12.0 Å². The van der Waals surface area contributed by atoms with Crippen LogP contribution in [0.2, 0.25) is 0 Å². The van der Waals surface area contributed by atoms with E-state index in [1.165, 1.54) is 12.4 Å². The van der Waals surface area contributed by atoms with Crippen LogP contribution < -0.4 is 15.0 Å². The van der Waals surface area contributed by atoms with E-state index in [4.69, 9.17) is 15.6 Å². The molecule has 0 aliphatic carbocycles. The van der Waals surface area contributed by atoms with Gasteiger partial charge in [0.05, 0.1) is 11.6 Å². The van der Waals surface area contributed by atoms with Crippen LogP contribution in [-0.4, -0.2) is 40.7 Å². The van der Waals surface area contributed by atoms with E-state index in [9.17, 15) is 8.78 Å². The summed E-state index contributed by atoms with van der Waals surface area (Å²) >= 11 is 0. The number of anilines is 2. The predicted molar refractivity (Wildman–Crippen MR) is 102 cm³/mol. The van der Waals surface area contributed by atoms with Gasteiger partial charge in [0, 0.05) is 30.6 Å². The van der Waals surface area contributed by atoms with Crippen LogP contribution in [-0.2, 0) is 0 Å². The van der Waals surface area contributed by atoms with Crippen molar-refractivity contribution in [2.24, 2.45) is 0 Å². The Hall–Kier alpha value is -3.36. The van der Waals surface area contributed by atoms with Crippen LogP contribution in [0.25, 0.3) is 5.57 Å². The van der Waals surface area contributed by atoms with E-state index < -0.39 is 11.6 Å². The minimum absolute atomic E-state index is 0.0310. The fourth-order valence-corrected chi connectivity index (χ4v) is 3.20. The summed E-state index contributed by atoms with van der Waals surface area (Å²) in [6, 6.07) is 3.87. The van der Waals surface area contributed by atoms with E-state index in [-0.39, 0.29) is 11.9 Å². The van der Waals surface area contributed by atoms with Gasteiger partial charge in [-0.25, -0.2) is 18.7 Å². The van der Waals surface area contributed by atoms with E-state index >= 15 is 0 Å². The molecule has 144 valence electrons. The highest BCUT2D eigenvalue weighted by Gasteiger charge is 2.34. The number of fused-ring (bicyclic) bond motifs is 1. The van der Waals surface area contributed by atoms with Crippen LogP contribution in [0.3, 0.4) is 0 Å². The van der Waals surface area contributed by atoms with Gasteiger partial charge in [-0.15, -0.1) is 0 Å². The van der Waals surface area contributed by atoms with Gasteiger partial charge in [0.2, 0.25) is 5.90 Å². The number of halogens is 2. The predicted octanol–water partition coefficient (Wildman–Crippen LogP) is 3.24. The first kappa shape index (κ1) is 18.0. The van der Waals surface area contributed by atoms with Crippen molar-refractivity contribution in [3.8, 4) is 5.75 Å². The van der Waals surface area contributed by atoms with Gasteiger partial charge in [-0.05, 0) is 31.6 Å². The molecule has 28 heavy (non-hydrogen) atoms.